The molecule has 0 spiro atoms. The lowest BCUT2D eigenvalue weighted by Gasteiger charge is -2.22. The third-order valence-corrected chi connectivity index (χ3v) is 4.57. The summed E-state index contributed by atoms with van der Waals surface area (Å²) in [4.78, 5) is 1.51. The van der Waals surface area contributed by atoms with Gasteiger partial charge in [0.1, 0.15) is 0 Å². The standard InChI is InChI=1S/C14H17NS/c1-10-5-6-13-11(8-10)9-14(16-13)12-4-2-3-7-15-12/h5-6,8-9,12,15H,2-4,7H2,1H3/t12-/m1/s1. The van der Waals surface area contributed by atoms with Gasteiger partial charge in [0.05, 0.1) is 0 Å². The molecule has 16 heavy (non-hydrogen) atoms. The van der Waals surface area contributed by atoms with Crippen LogP contribution in [0.2, 0.25) is 0 Å². The number of fused-ring (bicyclic) bond motifs is 1. The number of thiophene rings is 1. The zero-order valence-electron chi connectivity index (χ0n) is 9.62. The molecule has 2 heterocycles. The summed E-state index contributed by atoms with van der Waals surface area (Å²) in [5.74, 6) is 0. The summed E-state index contributed by atoms with van der Waals surface area (Å²) in [5.41, 5.74) is 1.36. The Bertz CT molecular complexity index is 494. The molecule has 0 saturated carbocycles. The van der Waals surface area contributed by atoms with E-state index in [0.717, 1.165) is 0 Å². The van der Waals surface area contributed by atoms with Gasteiger partial charge in [-0.25, -0.2) is 0 Å². The molecule has 2 heteroatoms. The van der Waals surface area contributed by atoms with E-state index in [4.69, 9.17) is 0 Å². The number of hydrogen-bond donors (Lipinski definition) is 1. The van der Waals surface area contributed by atoms with E-state index in [1.165, 1.54) is 46.3 Å². The van der Waals surface area contributed by atoms with E-state index in [1.54, 1.807) is 0 Å². The van der Waals surface area contributed by atoms with Crippen LogP contribution in [0.1, 0.15) is 35.7 Å². The fourth-order valence-corrected chi connectivity index (χ4v) is 3.60. The zero-order chi connectivity index (χ0) is 11.0. The molecule has 0 radical (unpaired) electrons. The molecule has 1 aliphatic heterocycles. The second-order valence-electron chi connectivity index (χ2n) is 4.69. The van der Waals surface area contributed by atoms with E-state index in [0.29, 0.717) is 6.04 Å². The number of hydrogen-bond acceptors (Lipinski definition) is 2. The van der Waals surface area contributed by atoms with Crippen LogP contribution in [0.4, 0.5) is 0 Å². The molecule has 2 aromatic rings. The van der Waals surface area contributed by atoms with Crippen molar-refractivity contribution in [2.45, 2.75) is 32.2 Å². The van der Waals surface area contributed by atoms with Gasteiger partial charge in [-0.3, -0.25) is 0 Å². The van der Waals surface area contributed by atoms with E-state index in [-0.39, 0.29) is 0 Å². The Balaban J connectivity index is 1.97. The normalized spacial score (nSPS) is 21.4. The van der Waals surface area contributed by atoms with E-state index in [9.17, 15) is 0 Å². The maximum atomic E-state index is 3.62. The fraction of sp³-hybridized carbons (Fsp3) is 0.429. The van der Waals surface area contributed by atoms with Crippen molar-refractivity contribution in [3.63, 3.8) is 0 Å². The molecule has 1 nitrogen and oxygen atoms in total. The van der Waals surface area contributed by atoms with E-state index < -0.39 is 0 Å². The topological polar surface area (TPSA) is 12.0 Å². The summed E-state index contributed by atoms with van der Waals surface area (Å²) in [6, 6.07) is 9.72. The van der Waals surface area contributed by atoms with Crippen LogP contribution >= 0.6 is 11.3 Å². The molecule has 1 aromatic heterocycles. The predicted octanol–water partition coefficient (Wildman–Crippen LogP) is 4.02. The van der Waals surface area contributed by atoms with Crippen molar-refractivity contribution in [2.75, 3.05) is 6.54 Å². The first-order chi connectivity index (χ1) is 7.83. The monoisotopic (exact) mass is 231 g/mol. The van der Waals surface area contributed by atoms with Gasteiger partial charge in [0.2, 0.25) is 0 Å². The first-order valence-electron chi connectivity index (χ1n) is 6.06. The molecule has 0 amide bonds. The molecule has 0 bridgehead atoms. The van der Waals surface area contributed by atoms with Crippen LogP contribution in [0, 0.1) is 6.92 Å². The Morgan fingerprint density at radius 3 is 3.00 bits per heavy atom. The largest absolute Gasteiger partial charge is 0.309 e. The molecule has 1 aromatic carbocycles. The lowest BCUT2D eigenvalue weighted by atomic mass is 10.0. The van der Waals surface area contributed by atoms with Gasteiger partial charge in [0.25, 0.3) is 0 Å². The first kappa shape index (κ1) is 10.3. The summed E-state index contributed by atoms with van der Waals surface area (Å²) in [5, 5.41) is 5.03. The van der Waals surface area contributed by atoms with Gasteiger partial charge in [-0.2, -0.15) is 0 Å². The highest BCUT2D eigenvalue weighted by atomic mass is 32.1. The average Bonchev–Trinajstić information content (AvgIpc) is 2.73. The molecule has 1 fully saturated rings. The lowest BCUT2D eigenvalue weighted by Crippen LogP contribution is -2.25. The average molecular weight is 231 g/mol. The summed E-state index contributed by atoms with van der Waals surface area (Å²) in [6.45, 7) is 3.34. The summed E-state index contributed by atoms with van der Waals surface area (Å²) in [7, 11) is 0. The number of nitrogens with one attached hydrogen (secondary N) is 1. The quantitative estimate of drug-likeness (QED) is 0.781. The molecular formula is C14H17NS. The number of benzene rings is 1. The third-order valence-electron chi connectivity index (χ3n) is 3.34. The molecule has 1 N–H and O–H groups in total. The van der Waals surface area contributed by atoms with Gasteiger partial charge >= 0.3 is 0 Å². The molecule has 1 atom stereocenters. The second kappa shape index (κ2) is 4.19. The van der Waals surface area contributed by atoms with Crippen LogP contribution in [0.25, 0.3) is 10.1 Å². The van der Waals surface area contributed by atoms with Crippen molar-refractivity contribution in [3.8, 4) is 0 Å². The highest BCUT2D eigenvalue weighted by molar-refractivity contribution is 7.19. The smallest absolute Gasteiger partial charge is 0.0415 e. The molecule has 3 rings (SSSR count). The van der Waals surface area contributed by atoms with Crippen molar-refractivity contribution in [2.24, 2.45) is 0 Å². The Hall–Kier alpha value is -0.860. The van der Waals surface area contributed by atoms with Gasteiger partial charge in [-0.15, -0.1) is 11.3 Å². The maximum absolute atomic E-state index is 3.62. The SMILES string of the molecule is Cc1ccc2sc([C@H]3CCCCN3)cc2c1. The Morgan fingerprint density at radius 1 is 1.25 bits per heavy atom. The number of piperidine rings is 1. The third kappa shape index (κ3) is 1.87. The minimum absolute atomic E-state index is 0.603. The molecular weight excluding hydrogens is 214 g/mol. The van der Waals surface area contributed by atoms with Gasteiger partial charge < -0.3 is 5.32 Å². The first-order valence-corrected chi connectivity index (χ1v) is 6.88. The second-order valence-corrected chi connectivity index (χ2v) is 5.81. The molecule has 84 valence electrons. The maximum Gasteiger partial charge on any atom is 0.0415 e. The highest BCUT2D eigenvalue weighted by Crippen LogP contribution is 2.33. The van der Waals surface area contributed by atoms with Crippen molar-refractivity contribution >= 4 is 21.4 Å². The van der Waals surface area contributed by atoms with Crippen LogP contribution in [0.5, 0.6) is 0 Å². The van der Waals surface area contributed by atoms with Crippen molar-refractivity contribution in [1.29, 1.82) is 0 Å². The van der Waals surface area contributed by atoms with Crippen molar-refractivity contribution < 1.29 is 0 Å². The van der Waals surface area contributed by atoms with Gasteiger partial charge in [-0.05, 0) is 43.8 Å². The summed E-state index contributed by atoms with van der Waals surface area (Å²) in [6.07, 6.45) is 4.00. The lowest BCUT2D eigenvalue weighted by molar-refractivity contribution is 0.417. The minimum atomic E-state index is 0.603. The van der Waals surface area contributed by atoms with Crippen molar-refractivity contribution in [3.05, 3.63) is 34.7 Å². The fourth-order valence-electron chi connectivity index (χ4n) is 2.45. The summed E-state index contributed by atoms with van der Waals surface area (Å²) < 4.78 is 1.42. The molecule has 1 saturated heterocycles. The minimum Gasteiger partial charge on any atom is -0.309 e. The molecule has 0 aliphatic carbocycles. The Labute approximate surface area is 100 Å². The van der Waals surface area contributed by atoms with E-state index in [2.05, 4.69) is 36.5 Å². The molecule has 1 aliphatic rings. The van der Waals surface area contributed by atoms with Gasteiger partial charge in [0, 0.05) is 15.6 Å². The number of rotatable bonds is 1. The Kier molecular flexibility index (Phi) is 2.70. The molecule has 0 unspecified atom stereocenters. The van der Waals surface area contributed by atoms with Crippen LogP contribution in [0.15, 0.2) is 24.3 Å². The van der Waals surface area contributed by atoms with Crippen molar-refractivity contribution in [1.82, 2.24) is 5.32 Å². The Morgan fingerprint density at radius 2 is 2.19 bits per heavy atom. The number of aryl methyl sites for hydroxylation is 1. The van der Waals surface area contributed by atoms with Crippen LogP contribution < -0.4 is 5.32 Å². The van der Waals surface area contributed by atoms with Crippen LogP contribution in [-0.2, 0) is 0 Å². The van der Waals surface area contributed by atoms with Gasteiger partial charge in [0.15, 0.2) is 0 Å². The van der Waals surface area contributed by atoms with Crippen LogP contribution in [-0.4, -0.2) is 6.54 Å². The predicted molar refractivity (Wildman–Crippen MR) is 71.2 cm³/mol. The van der Waals surface area contributed by atoms with E-state index >= 15 is 0 Å². The highest BCUT2D eigenvalue weighted by Gasteiger charge is 2.16. The van der Waals surface area contributed by atoms with Crippen LogP contribution in [0.3, 0.4) is 0 Å². The van der Waals surface area contributed by atoms with E-state index in [1.807, 2.05) is 11.3 Å². The van der Waals surface area contributed by atoms with Gasteiger partial charge in [-0.1, -0.05) is 24.1 Å². The zero-order valence-corrected chi connectivity index (χ0v) is 10.4. The summed E-state index contributed by atoms with van der Waals surface area (Å²) >= 11 is 1.95.